The van der Waals surface area contributed by atoms with Crippen LogP contribution < -0.4 is 10.2 Å². The molecule has 15 heavy (non-hydrogen) atoms. The summed E-state index contributed by atoms with van der Waals surface area (Å²) in [5.41, 5.74) is -1.06. The Labute approximate surface area is 84.4 Å². The molecule has 0 spiro atoms. The molecular formula is C9H8BF4O-. The van der Waals surface area contributed by atoms with Gasteiger partial charge in [-0.15, -0.1) is 0 Å². The van der Waals surface area contributed by atoms with Crippen LogP contribution in [0.3, 0.4) is 0 Å². The minimum atomic E-state index is -5.27. The second-order valence-corrected chi connectivity index (χ2v) is 2.86. The minimum Gasteiger partial charge on any atom is -0.493 e. The summed E-state index contributed by atoms with van der Waals surface area (Å²) in [6.45, 7) is -2.01. The Morgan fingerprint density at radius 1 is 1.33 bits per heavy atom. The highest BCUT2D eigenvalue weighted by molar-refractivity contribution is 6.74. The van der Waals surface area contributed by atoms with Crippen molar-refractivity contribution >= 4 is 12.4 Å². The molecule has 1 nitrogen and oxygen atoms in total. The van der Waals surface area contributed by atoms with E-state index in [9.17, 15) is 17.3 Å². The highest BCUT2D eigenvalue weighted by atomic mass is 19.4. The topological polar surface area (TPSA) is 9.23 Å². The maximum absolute atomic E-state index is 12.6. The Balaban J connectivity index is 3.09. The van der Waals surface area contributed by atoms with Gasteiger partial charge in [0.1, 0.15) is 12.4 Å². The Hall–Kier alpha value is -1.46. The third-order valence-corrected chi connectivity index (χ3v) is 1.68. The molecule has 0 aliphatic heterocycles. The van der Waals surface area contributed by atoms with E-state index in [0.717, 1.165) is 12.1 Å². The van der Waals surface area contributed by atoms with Gasteiger partial charge in [0.05, 0.1) is 5.75 Å². The van der Waals surface area contributed by atoms with Crippen molar-refractivity contribution in [3.63, 3.8) is 0 Å². The van der Waals surface area contributed by atoms with Crippen LogP contribution in [0.25, 0.3) is 0 Å². The average molecular weight is 219 g/mol. The third kappa shape index (κ3) is 3.01. The molecule has 0 heterocycles. The molecule has 1 rings (SSSR count). The molecule has 1 aromatic carbocycles. The largest absolute Gasteiger partial charge is 0.513 e. The summed E-state index contributed by atoms with van der Waals surface area (Å²) >= 11 is 0. The molecule has 0 aliphatic carbocycles. The van der Waals surface area contributed by atoms with Gasteiger partial charge in [0.25, 0.3) is 0 Å². The summed E-state index contributed by atoms with van der Waals surface area (Å²) in [5.74, 6) is -1.31. The molecule has 82 valence electrons. The van der Waals surface area contributed by atoms with E-state index < -0.39 is 18.3 Å². The lowest BCUT2D eigenvalue weighted by molar-refractivity contribution is 0.362. The molecule has 0 unspecified atom stereocenters. The molecule has 0 bridgehead atoms. The quantitative estimate of drug-likeness (QED) is 0.429. The fourth-order valence-electron chi connectivity index (χ4n) is 1.06. The van der Waals surface area contributed by atoms with Crippen molar-refractivity contribution in [1.82, 2.24) is 0 Å². The molecule has 6 heteroatoms. The van der Waals surface area contributed by atoms with Gasteiger partial charge in [0.15, 0.2) is 0 Å². The van der Waals surface area contributed by atoms with Crippen molar-refractivity contribution in [3.8, 4) is 5.75 Å². The van der Waals surface area contributed by atoms with Crippen LogP contribution in [0.2, 0.25) is 0 Å². The number of benzene rings is 1. The van der Waals surface area contributed by atoms with Crippen molar-refractivity contribution in [1.29, 1.82) is 0 Å². The van der Waals surface area contributed by atoms with Gasteiger partial charge in [0.2, 0.25) is 0 Å². The van der Waals surface area contributed by atoms with Crippen LogP contribution in [0.5, 0.6) is 5.75 Å². The van der Waals surface area contributed by atoms with E-state index in [1.165, 1.54) is 6.08 Å². The van der Waals surface area contributed by atoms with E-state index in [2.05, 4.69) is 6.58 Å². The van der Waals surface area contributed by atoms with Gasteiger partial charge in [-0.05, 0) is 18.2 Å². The van der Waals surface area contributed by atoms with Gasteiger partial charge in [0, 0.05) is 0 Å². The molecule has 0 saturated carbocycles. The summed E-state index contributed by atoms with van der Waals surface area (Å²) < 4.78 is 54.7. The van der Waals surface area contributed by atoms with Crippen molar-refractivity contribution in [3.05, 3.63) is 36.7 Å². The molecule has 0 fully saturated rings. The SMILES string of the molecule is C=CCOc1ccc(F)cc1[B-](F)(F)F. The molecule has 1 aromatic rings. The standard InChI is InChI=1S/C9H8BF4O/c1-2-5-15-9-4-3-7(11)6-8(9)10(12,13)14/h2-4,6H,1,5H2/q-1. The van der Waals surface area contributed by atoms with Crippen molar-refractivity contribution in [2.75, 3.05) is 6.61 Å². The number of rotatable bonds is 4. The maximum atomic E-state index is 12.6. The van der Waals surface area contributed by atoms with Crippen LogP contribution in [0.15, 0.2) is 30.9 Å². The predicted molar refractivity (Wildman–Crippen MR) is 50.8 cm³/mol. The lowest BCUT2D eigenvalue weighted by atomic mass is 9.79. The molecule has 0 aliphatic rings. The van der Waals surface area contributed by atoms with Gasteiger partial charge in [-0.25, -0.2) is 4.39 Å². The van der Waals surface area contributed by atoms with Crippen LogP contribution in [-0.4, -0.2) is 13.6 Å². The van der Waals surface area contributed by atoms with E-state index in [0.29, 0.717) is 6.07 Å². The molecule has 0 saturated heterocycles. The average Bonchev–Trinajstić information content (AvgIpc) is 2.14. The zero-order valence-electron chi connectivity index (χ0n) is 7.72. The van der Waals surface area contributed by atoms with Gasteiger partial charge in [-0.2, -0.15) is 0 Å². The lowest BCUT2D eigenvalue weighted by Gasteiger charge is -2.19. The van der Waals surface area contributed by atoms with Crippen LogP contribution in [0.1, 0.15) is 0 Å². The monoisotopic (exact) mass is 219 g/mol. The first kappa shape index (κ1) is 11.6. The maximum Gasteiger partial charge on any atom is 0.513 e. The van der Waals surface area contributed by atoms with Crippen molar-refractivity contribution in [2.24, 2.45) is 0 Å². The molecule has 0 atom stereocenters. The van der Waals surface area contributed by atoms with Crippen LogP contribution in [-0.2, 0) is 0 Å². The molecule has 0 radical (unpaired) electrons. The molecule has 0 aromatic heterocycles. The highest BCUT2D eigenvalue weighted by Gasteiger charge is 2.29. The summed E-state index contributed by atoms with van der Waals surface area (Å²) in [6, 6.07) is 2.31. The minimum absolute atomic E-state index is 0.0508. The Kier molecular flexibility index (Phi) is 3.39. The van der Waals surface area contributed by atoms with E-state index in [1.807, 2.05) is 0 Å². The van der Waals surface area contributed by atoms with Gasteiger partial charge in [-0.1, -0.05) is 18.1 Å². The molecule has 0 N–H and O–H groups in total. The zero-order chi connectivity index (χ0) is 11.5. The smallest absolute Gasteiger partial charge is 0.493 e. The summed E-state index contributed by atoms with van der Waals surface area (Å²) in [7, 11) is 0. The van der Waals surface area contributed by atoms with Gasteiger partial charge in [-0.3, -0.25) is 0 Å². The van der Waals surface area contributed by atoms with Crippen LogP contribution >= 0.6 is 0 Å². The fraction of sp³-hybridized carbons (Fsp3) is 0.111. The summed E-state index contributed by atoms with van der Waals surface area (Å²) in [5, 5.41) is 0. The predicted octanol–water partition coefficient (Wildman–Crippen LogP) is 2.44. The first-order valence-corrected chi connectivity index (χ1v) is 4.18. The van der Waals surface area contributed by atoms with Crippen molar-refractivity contribution < 1.29 is 22.1 Å². The first-order chi connectivity index (χ1) is 6.95. The van der Waals surface area contributed by atoms with E-state index in [1.54, 1.807) is 0 Å². The number of hydrogen-bond donors (Lipinski definition) is 0. The van der Waals surface area contributed by atoms with E-state index >= 15 is 0 Å². The number of hydrogen-bond acceptors (Lipinski definition) is 1. The third-order valence-electron chi connectivity index (χ3n) is 1.68. The van der Waals surface area contributed by atoms with Gasteiger partial charge < -0.3 is 17.7 Å². The fourth-order valence-corrected chi connectivity index (χ4v) is 1.06. The number of ether oxygens (including phenoxy) is 1. The summed E-state index contributed by atoms with van der Waals surface area (Å²) in [6.07, 6.45) is 1.32. The van der Waals surface area contributed by atoms with Gasteiger partial charge >= 0.3 is 6.98 Å². The Bertz CT molecular complexity index is 362. The molecule has 0 amide bonds. The van der Waals surface area contributed by atoms with Crippen LogP contribution in [0, 0.1) is 5.82 Å². The van der Waals surface area contributed by atoms with Crippen molar-refractivity contribution in [2.45, 2.75) is 0 Å². The second kappa shape index (κ2) is 4.38. The Morgan fingerprint density at radius 2 is 2.00 bits per heavy atom. The first-order valence-electron chi connectivity index (χ1n) is 4.18. The second-order valence-electron chi connectivity index (χ2n) is 2.86. The summed E-state index contributed by atoms with van der Waals surface area (Å²) in [4.78, 5) is 0. The van der Waals surface area contributed by atoms with E-state index in [4.69, 9.17) is 4.74 Å². The highest BCUT2D eigenvalue weighted by Crippen LogP contribution is 2.18. The molecular weight excluding hydrogens is 211 g/mol. The lowest BCUT2D eigenvalue weighted by Crippen LogP contribution is -2.35. The normalized spacial score (nSPS) is 11.2. The zero-order valence-corrected chi connectivity index (χ0v) is 7.72. The number of halogens is 4. The van der Waals surface area contributed by atoms with E-state index in [-0.39, 0.29) is 12.4 Å². The Morgan fingerprint density at radius 3 is 2.53 bits per heavy atom. The van der Waals surface area contributed by atoms with Crippen LogP contribution in [0.4, 0.5) is 17.3 Å².